The van der Waals surface area contributed by atoms with Crippen molar-refractivity contribution < 1.29 is 9.59 Å². The molecule has 0 heterocycles. The van der Waals surface area contributed by atoms with Crippen LogP contribution in [0.1, 0.15) is 0 Å². The lowest BCUT2D eigenvalue weighted by Gasteiger charge is -2.01. The molecule has 6 nitrogen and oxygen atoms in total. The van der Waals surface area contributed by atoms with E-state index in [1.807, 2.05) is 0 Å². The van der Waals surface area contributed by atoms with Gasteiger partial charge in [-0.1, -0.05) is 0 Å². The molecular weight excluding hydrogens is 148 g/mol. The zero-order chi connectivity index (χ0) is 8.69. The second kappa shape index (κ2) is 5.63. The van der Waals surface area contributed by atoms with Crippen LogP contribution in [0.15, 0.2) is 0 Å². The van der Waals surface area contributed by atoms with E-state index >= 15 is 0 Å². The Labute approximate surface area is 64.3 Å². The molecule has 0 bridgehead atoms. The van der Waals surface area contributed by atoms with Gasteiger partial charge in [0, 0.05) is 6.67 Å². The number of primary amides is 2. The van der Waals surface area contributed by atoms with Crippen LogP contribution in [0.2, 0.25) is 0 Å². The molecule has 0 radical (unpaired) electrons. The summed E-state index contributed by atoms with van der Waals surface area (Å²) in [5.41, 5.74) is 9.63. The van der Waals surface area contributed by atoms with E-state index in [1.54, 1.807) is 0 Å². The van der Waals surface area contributed by atoms with Crippen molar-refractivity contribution in [2.24, 2.45) is 11.5 Å². The highest BCUT2D eigenvalue weighted by Gasteiger charge is 1.93. The van der Waals surface area contributed by atoms with Crippen LogP contribution in [0, 0.1) is 0 Å². The van der Waals surface area contributed by atoms with Crippen LogP contribution < -0.4 is 22.1 Å². The number of rotatable bonds is 6. The Morgan fingerprint density at radius 3 is 1.64 bits per heavy atom. The van der Waals surface area contributed by atoms with Crippen LogP contribution in [0.3, 0.4) is 0 Å². The second-order valence-electron chi connectivity index (χ2n) is 1.96. The Hall–Kier alpha value is -1.14. The molecule has 0 saturated carbocycles. The summed E-state index contributed by atoms with van der Waals surface area (Å²) in [4.78, 5) is 20.3. The van der Waals surface area contributed by atoms with E-state index in [1.165, 1.54) is 0 Å². The summed E-state index contributed by atoms with van der Waals surface area (Å²) in [6.07, 6.45) is 0. The van der Waals surface area contributed by atoms with Crippen molar-refractivity contribution in [3.8, 4) is 0 Å². The van der Waals surface area contributed by atoms with Gasteiger partial charge in [0.05, 0.1) is 13.1 Å². The van der Waals surface area contributed by atoms with Crippen molar-refractivity contribution in [3.05, 3.63) is 0 Å². The van der Waals surface area contributed by atoms with Crippen molar-refractivity contribution in [2.75, 3.05) is 19.8 Å². The van der Waals surface area contributed by atoms with Gasteiger partial charge in [-0.3, -0.25) is 20.2 Å². The maximum atomic E-state index is 10.1. The fourth-order valence-electron chi connectivity index (χ4n) is 0.460. The molecule has 0 saturated heterocycles. The predicted molar refractivity (Wildman–Crippen MR) is 39.3 cm³/mol. The Balaban J connectivity index is 3.03. The van der Waals surface area contributed by atoms with E-state index in [0.29, 0.717) is 6.67 Å². The van der Waals surface area contributed by atoms with E-state index in [-0.39, 0.29) is 13.1 Å². The minimum Gasteiger partial charge on any atom is -0.369 e. The molecule has 0 unspecified atom stereocenters. The maximum Gasteiger partial charge on any atom is 0.231 e. The molecule has 0 spiro atoms. The Morgan fingerprint density at radius 1 is 1.00 bits per heavy atom. The van der Waals surface area contributed by atoms with E-state index in [4.69, 9.17) is 11.5 Å². The van der Waals surface area contributed by atoms with Crippen molar-refractivity contribution in [2.45, 2.75) is 0 Å². The number of nitrogens with two attached hydrogens (primary N) is 2. The average molecular weight is 160 g/mol. The first-order valence-corrected chi connectivity index (χ1v) is 3.11. The normalized spacial score (nSPS) is 9.45. The predicted octanol–water partition coefficient (Wildman–Crippen LogP) is -2.91. The minimum atomic E-state index is -0.439. The molecule has 0 atom stereocenters. The van der Waals surface area contributed by atoms with Crippen molar-refractivity contribution >= 4 is 11.8 Å². The highest BCUT2D eigenvalue weighted by atomic mass is 16.1. The molecule has 0 aliphatic rings. The summed E-state index contributed by atoms with van der Waals surface area (Å²) < 4.78 is 0. The minimum absolute atomic E-state index is 0.0890. The first kappa shape index (κ1) is 9.86. The summed E-state index contributed by atoms with van der Waals surface area (Å²) in [7, 11) is 0. The summed E-state index contributed by atoms with van der Waals surface area (Å²) in [5, 5.41) is 5.29. The Kier molecular flexibility index (Phi) is 5.05. The van der Waals surface area contributed by atoms with Gasteiger partial charge in [-0.2, -0.15) is 0 Å². The lowest BCUT2D eigenvalue weighted by atomic mass is 10.6. The largest absolute Gasteiger partial charge is 0.369 e. The highest BCUT2D eigenvalue weighted by Crippen LogP contribution is 1.56. The van der Waals surface area contributed by atoms with Gasteiger partial charge in [-0.05, 0) is 0 Å². The molecule has 11 heavy (non-hydrogen) atoms. The third kappa shape index (κ3) is 8.86. The number of nitrogens with one attached hydrogen (secondary N) is 2. The molecule has 0 rings (SSSR count). The first-order valence-electron chi connectivity index (χ1n) is 3.11. The number of hydrogen-bond acceptors (Lipinski definition) is 4. The van der Waals surface area contributed by atoms with E-state index in [2.05, 4.69) is 10.6 Å². The van der Waals surface area contributed by atoms with Gasteiger partial charge in [-0.25, -0.2) is 0 Å². The molecule has 0 aliphatic heterocycles. The van der Waals surface area contributed by atoms with Crippen LogP contribution in [-0.2, 0) is 9.59 Å². The number of hydrogen-bond donors (Lipinski definition) is 4. The average Bonchev–Trinajstić information content (AvgIpc) is 1.85. The molecule has 0 aromatic carbocycles. The molecular formula is C5H12N4O2. The number of carbonyl (C=O) groups is 2. The SMILES string of the molecule is NC(=O)CNCNCC(N)=O. The van der Waals surface area contributed by atoms with Gasteiger partial charge in [0.2, 0.25) is 11.8 Å². The molecule has 0 aromatic rings. The smallest absolute Gasteiger partial charge is 0.231 e. The fraction of sp³-hybridized carbons (Fsp3) is 0.600. The quantitative estimate of drug-likeness (QED) is 0.246. The Bertz CT molecular complexity index is 131. The third-order valence-corrected chi connectivity index (χ3v) is 0.848. The van der Waals surface area contributed by atoms with E-state index < -0.39 is 11.8 Å². The van der Waals surface area contributed by atoms with Crippen LogP contribution >= 0.6 is 0 Å². The van der Waals surface area contributed by atoms with E-state index in [0.717, 1.165) is 0 Å². The molecule has 2 amide bonds. The van der Waals surface area contributed by atoms with Gasteiger partial charge in [-0.15, -0.1) is 0 Å². The van der Waals surface area contributed by atoms with E-state index in [9.17, 15) is 9.59 Å². The fourth-order valence-corrected chi connectivity index (χ4v) is 0.460. The van der Waals surface area contributed by atoms with Gasteiger partial charge >= 0.3 is 0 Å². The van der Waals surface area contributed by atoms with Crippen molar-refractivity contribution in [3.63, 3.8) is 0 Å². The summed E-state index contributed by atoms with van der Waals surface area (Å²) in [6.45, 7) is 0.517. The lowest BCUT2D eigenvalue weighted by molar-refractivity contribution is -0.117. The second-order valence-corrected chi connectivity index (χ2v) is 1.96. The molecule has 64 valence electrons. The van der Waals surface area contributed by atoms with Gasteiger partial charge in [0.25, 0.3) is 0 Å². The summed E-state index contributed by atoms with van der Waals surface area (Å²) in [6, 6.07) is 0. The van der Waals surface area contributed by atoms with Crippen molar-refractivity contribution in [1.29, 1.82) is 0 Å². The molecule has 6 heteroatoms. The Morgan fingerprint density at radius 2 is 1.36 bits per heavy atom. The first-order chi connectivity index (χ1) is 5.13. The lowest BCUT2D eigenvalue weighted by Crippen LogP contribution is -2.39. The number of amides is 2. The van der Waals surface area contributed by atoms with Crippen LogP contribution in [0.4, 0.5) is 0 Å². The van der Waals surface area contributed by atoms with Crippen molar-refractivity contribution in [1.82, 2.24) is 10.6 Å². The van der Waals surface area contributed by atoms with Gasteiger partial charge in [0.1, 0.15) is 0 Å². The van der Waals surface area contributed by atoms with Crippen LogP contribution in [0.5, 0.6) is 0 Å². The number of carbonyl (C=O) groups excluding carboxylic acids is 2. The summed E-state index contributed by atoms with van der Waals surface area (Å²) in [5.74, 6) is -0.878. The van der Waals surface area contributed by atoms with Gasteiger partial charge < -0.3 is 11.5 Å². The van der Waals surface area contributed by atoms with Gasteiger partial charge in [0.15, 0.2) is 0 Å². The molecule has 6 N–H and O–H groups in total. The molecule has 0 aromatic heterocycles. The molecule has 0 fully saturated rings. The topological polar surface area (TPSA) is 110 Å². The summed E-state index contributed by atoms with van der Waals surface area (Å²) >= 11 is 0. The zero-order valence-electron chi connectivity index (χ0n) is 6.09. The standard InChI is InChI=1S/C5H12N4O2/c6-4(10)1-8-3-9-2-5(7)11/h8-9H,1-3H2,(H2,6,10)(H2,7,11). The highest BCUT2D eigenvalue weighted by molar-refractivity contribution is 5.76. The van der Waals surface area contributed by atoms with Crippen LogP contribution in [0.25, 0.3) is 0 Å². The van der Waals surface area contributed by atoms with Crippen LogP contribution in [-0.4, -0.2) is 31.6 Å². The molecule has 0 aliphatic carbocycles. The monoisotopic (exact) mass is 160 g/mol. The maximum absolute atomic E-state index is 10.1. The third-order valence-electron chi connectivity index (χ3n) is 0.848. The zero-order valence-corrected chi connectivity index (χ0v) is 6.09.